The van der Waals surface area contributed by atoms with Crippen molar-refractivity contribution < 1.29 is 15.0 Å². The molecule has 0 heterocycles. The first-order chi connectivity index (χ1) is 9.56. The summed E-state index contributed by atoms with van der Waals surface area (Å²) in [6, 6.07) is 0. The van der Waals surface area contributed by atoms with Gasteiger partial charge in [-0.05, 0) is 45.0 Å². The Morgan fingerprint density at radius 2 is 1.50 bits per heavy atom. The number of hydrogen-bond acceptors (Lipinski definition) is 4. The highest BCUT2D eigenvalue weighted by atomic mass is 16.4. The van der Waals surface area contributed by atoms with E-state index in [-0.39, 0.29) is 0 Å². The fourth-order valence-corrected chi connectivity index (χ4v) is 0.993. The second kappa shape index (κ2) is 17.4. The molecule has 0 saturated carbocycles. The van der Waals surface area contributed by atoms with Crippen LogP contribution in [0.2, 0.25) is 0 Å². The molecule has 5 nitrogen and oxygen atoms in total. The van der Waals surface area contributed by atoms with Crippen LogP contribution < -0.4 is 10.6 Å². The van der Waals surface area contributed by atoms with E-state index in [0.29, 0.717) is 0 Å². The Morgan fingerprint density at radius 3 is 1.75 bits per heavy atom. The number of rotatable bonds is 10. The zero-order valence-corrected chi connectivity index (χ0v) is 12.2. The van der Waals surface area contributed by atoms with E-state index >= 15 is 0 Å². The number of carboxylic acid groups (broad SMARTS) is 1. The lowest BCUT2D eigenvalue weighted by atomic mass is 10.3. The van der Waals surface area contributed by atoms with Gasteiger partial charge in [0, 0.05) is 13.1 Å². The minimum Gasteiger partial charge on any atom is -0.479 e. The van der Waals surface area contributed by atoms with Crippen LogP contribution >= 0.6 is 0 Å². The first-order valence-corrected chi connectivity index (χ1v) is 6.57. The molecule has 1 atom stereocenters. The maximum absolute atomic E-state index is 9.45. The van der Waals surface area contributed by atoms with Gasteiger partial charge in [-0.1, -0.05) is 13.2 Å². The van der Waals surface area contributed by atoms with Crippen molar-refractivity contribution in [2.24, 2.45) is 0 Å². The van der Waals surface area contributed by atoms with Crippen molar-refractivity contribution in [2.45, 2.75) is 25.9 Å². The third kappa shape index (κ3) is 21.7. The first-order valence-electron chi connectivity index (χ1n) is 6.57. The van der Waals surface area contributed by atoms with Crippen LogP contribution in [0, 0.1) is 0 Å². The minimum absolute atomic E-state index is 0.871. The summed E-state index contributed by atoms with van der Waals surface area (Å²) in [7, 11) is 0. The van der Waals surface area contributed by atoms with E-state index in [1.165, 1.54) is 19.8 Å². The fraction of sp³-hybridized carbons (Fsp3) is 0.533. The van der Waals surface area contributed by atoms with Crippen LogP contribution in [0.3, 0.4) is 0 Å². The van der Waals surface area contributed by atoms with Gasteiger partial charge in [-0.15, -0.1) is 11.5 Å². The Balaban J connectivity index is 0. The summed E-state index contributed by atoms with van der Waals surface area (Å²) in [4.78, 5) is 9.45. The third-order valence-electron chi connectivity index (χ3n) is 2.10. The molecule has 0 spiro atoms. The van der Waals surface area contributed by atoms with Crippen LogP contribution in [0.1, 0.15) is 19.8 Å². The fourth-order valence-electron chi connectivity index (χ4n) is 0.993. The minimum atomic E-state index is -1.23. The van der Waals surface area contributed by atoms with Crippen LogP contribution in [-0.4, -0.2) is 48.5 Å². The second-order valence-electron chi connectivity index (χ2n) is 3.95. The van der Waals surface area contributed by atoms with E-state index in [2.05, 4.69) is 35.3 Å². The number of hydrogen-bond donors (Lipinski definition) is 4. The van der Waals surface area contributed by atoms with Crippen molar-refractivity contribution in [3.63, 3.8) is 0 Å². The topological polar surface area (TPSA) is 81.6 Å². The average Bonchev–Trinajstić information content (AvgIpc) is 2.41. The van der Waals surface area contributed by atoms with Crippen molar-refractivity contribution in [3.8, 4) is 0 Å². The van der Waals surface area contributed by atoms with E-state index in [4.69, 9.17) is 10.2 Å². The summed E-state index contributed by atoms with van der Waals surface area (Å²) in [5, 5.41) is 22.3. The van der Waals surface area contributed by atoms with Gasteiger partial charge in [-0.3, -0.25) is 0 Å². The monoisotopic (exact) mass is 282 g/mol. The second-order valence-corrected chi connectivity index (χ2v) is 3.95. The number of aliphatic hydroxyl groups excluding tert-OH is 1. The largest absolute Gasteiger partial charge is 0.479 e. The average molecular weight is 282 g/mol. The molecule has 4 N–H and O–H groups in total. The van der Waals surface area contributed by atoms with Gasteiger partial charge in [-0.2, -0.15) is 0 Å². The molecule has 0 radical (unpaired) electrons. The van der Waals surface area contributed by atoms with Crippen LogP contribution in [-0.2, 0) is 4.79 Å². The lowest BCUT2D eigenvalue weighted by Crippen LogP contribution is -2.18. The summed E-state index contributed by atoms with van der Waals surface area (Å²) in [5.74, 6) is -1.19. The van der Waals surface area contributed by atoms with Gasteiger partial charge >= 0.3 is 5.97 Å². The summed E-state index contributed by atoms with van der Waals surface area (Å²) in [6.07, 6.45) is 4.94. The number of carboxylic acids is 1. The van der Waals surface area contributed by atoms with Gasteiger partial charge in [0.05, 0.1) is 0 Å². The van der Waals surface area contributed by atoms with Crippen molar-refractivity contribution in [2.75, 3.05) is 26.2 Å². The normalized spacial score (nSPS) is 10.3. The van der Waals surface area contributed by atoms with Crippen LogP contribution in [0.5, 0.6) is 0 Å². The molecule has 0 aliphatic rings. The van der Waals surface area contributed by atoms with Gasteiger partial charge in [0.15, 0.2) is 0 Å². The summed E-state index contributed by atoms with van der Waals surface area (Å²) in [5.41, 5.74) is 5.45. The van der Waals surface area contributed by atoms with E-state index in [0.717, 1.165) is 26.2 Å². The molecule has 5 heteroatoms. The smallest absolute Gasteiger partial charge is 0.332 e. The van der Waals surface area contributed by atoms with Crippen molar-refractivity contribution in [1.82, 2.24) is 10.6 Å². The van der Waals surface area contributed by atoms with Gasteiger partial charge in [0.25, 0.3) is 0 Å². The maximum Gasteiger partial charge on any atom is 0.332 e. The van der Waals surface area contributed by atoms with Crippen LogP contribution in [0.15, 0.2) is 36.8 Å². The highest BCUT2D eigenvalue weighted by Gasteiger charge is 2.01. The molecule has 0 rings (SSSR count). The molecule has 20 heavy (non-hydrogen) atoms. The quantitative estimate of drug-likeness (QED) is 0.356. The lowest BCUT2D eigenvalue weighted by Gasteiger charge is -2.02. The Kier molecular flexibility index (Phi) is 18.0. The molecule has 0 amide bonds. The summed E-state index contributed by atoms with van der Waals surface area (Å²) < 4.78 is 0. The van der Waals surface area contributed by atoms with E-state index in [1.54, 1.807) is 0 Å². The van der Waals surface area contributed by atoms with Crippen LogP contribution in [0.25, 0.3) is 0 Å². The Labute approximate surface area is 121 Å². The van der Waals surface area contributed by atoms with Crippen molar-refractivity contribution in [1.29, 1.82) is 0 Å². The number of aliphatic carboxylic acids is 1. The molecule has 0 aromatic rings. The molecule has 0 aromatic heterocycles. The number of unbranched alkanes of at least 4 members (excludes halogenated alkanes) is 1. The van der Waals surface area contributed by atoms with Gasteiger partial charge in [-0.25, -0.2) is 4.79 Å². The first kappa shape index (κ1) is 20.7. The third-order valence-corrected chi connectivity index (χ3v) is 2.10. The molecule has 114 valence electrons. The molecule has 0 aliphatic carbocycles. The van der Waals surface area contributed by atoms with Crippen LogP contribution in [0.4, 0.5) is 0 Å². The number of nitrogens with one attached hydrogen (secondary N) is 2. The molecule has 0 aromatic carbocycles. The van der Waals surface area contributed by atoms with Crippen molar-refractivity contribution in [3.05, 3.63) is 36.8 Å². The van der Waals surface area contributed by atoms with Gasteiger partial charge in [0.2, 0.25) is 0 Å². The molecular weight excluding hydrogens is 256 g/mol. The Bertz CT molecular complexity index is 304. The Hall–Kier alpha value is -1.61. The van der Waals surface area contributed by atoms with Gasteiger partial charge in [0.1, 0.15) is 6.10 Å². The predicted octanol–water partition coefficient (Wildman–Crippen LogP) is 1.08. The molecule has 0 fully saturated rings. The zero-order chi connectivity index (χ0) is 15.6. The molecule has 1 unspecified atom stereocenters. The zero-order valence-electron chi connectivity index (χ0n) is 12.2. The maximum atomic E-state index is 9.45. The van der Waals surface area contributed by atoms with E-state index in [9.17, 15) is 4.79 Å². The molecule has 0 aliphatic heterocycles. The SMILES string of the molecule is C=C=CCNCCCCNCC=C=C.CC(O)C(=O)O. The van der Waals surface area contributed by atoms with E-state index in [1.807, 2.05) is 12.2 Å². The molecule has 0 saturated heterocycles. The predicted molar refractivity (Wildman–Crippen MR) is 81.7 cm³/mol. The highest BCUT2D eigenvalue weighted by Crippen LogP contribution is 1.84. The standard InChI is InChI=1S/C12H20N2.C3H6O3/c1-3-5-9-13-11-7-8-12-14-10-6-4-2;1-2(4)3(5)6/h5-6,13-14H,1-2,7-12H2;2,4H,1H3,(H,5,6). The molecular formula is C15H26N2O3. The highest BCUT2D eigenvalue weighted by molar-refractivity contribution is 5.71. The molecule has 0 bridgehead atoms. The van der Waals surface area contributed by atoms with Gasteiger partial charge < -0.3 is 20.8 Å². The Morgan fingerprint density at radius 1 is 1.15 bits per heavy atom. The van der Waals surface area contributed by atoms with E-state index < -0.39 is 12.1 Å². The lowest BCUT2D eigenvalue weighted by molar-refractivity contribution is -0.145. The number of aliphatic hydroxyl groups is 1. The number of carbonyl (C=O) groups is 1. The summed E-state index contributed by atoms with van der Waals surface area (Å²) >= 11 is 0. The van der Waals surface area contributed by atoms with Crippen molar-refractivity contribution >= 4 is 5.97 Å². The summed E-state index contributed by atoms with van der Waals surface area (Å²) in [6.45, 7) is 12.0.